The van der Waals surface area contributed by atoms with Crippen molar-refractivity contribution in [3.8, 4) is 5.75 Å². The van der Waals surface area contributed by atoms with Crippen LogP contribution in [0.25, 0.3) is 0 Å². The summed E-state index contributed by atoms with van der Waals surface area (Å²) in [6, 6.07) is 15.3. The molecule has 0 bridgehead atoms. The number of amides is 1. The molecule has 1 N–H and O–H groups in total. The first-order valence-corrected chi connectivity index (χ1v) is 9.49. The lowest BCUT2D eigenvalue weighted by Crippen LogP contribution is -2.46. The van der Waals surface area contributed by atoms with Gasteiger partial charge < -0.3 is 19.9 Å². The number of carbonyl (C=O) groups is 1. The molecule has 1 amide bonds. The molecule has 6 heteroatoms. The SMILES string of the molecule is Cc1ccc(NC(=O)COc2ccc(C(=S)N3CCN(C)CC3)cc2)cc1. The smallest absolute Gasteiger partial charge is 0.262 e. The van der Waals surface area contributed by atoms with Crippen molar-refractivity contribution < 1.29 is 9.53 Å². The molecule has 0 spiro atoms. The Hall–Kier alpha value is -2.44. The first-order chi connectivity index (χ1) is 13.0. The summed E-state index contributed by atoms with van der Waals surface area (Å²) in [7, 11) is 2.13. The van der Waals surface area contributed by atoms with Crippen molar-refractivity contribution in [2.45, 2.75) is 6.92 Å². The molecular formula is C21H25N3O2S. The summed E-state index contributed by atoms with van der Waals surface area (Å²) in [5, 5.41) is 2.82. The number of anilines is 1. The topological polar surface area (TPSA) is 44.8 Å². The highest BCUT2D eigenvalue weighted by molar-refractivity contribution is 7.80. The minimum atomic E-state index is -0.184. The number of likely N-dealkylation sites (N-methyl/N-ethyl adjacent to an activating group) is 1. The molecule has 2 aromatic rings. The van der Waals surface area contributed by atoms with Gasteiger partial charge in [-0.2, -0.15) is 0 Å². The van der Waals surface area contributed by atoms with Gasteiger partial charge in [0.2, 0.25) is 0 Å². The fourth-order valence-electron chi connectivity index (χ4n) is 2.87. The van der Waals surface area contributed by atoms with Gasteiger partial charge in [0.25, 0.3) is 5.91 Å². The molecule has 0 aromatic heterocycles. The van der Waals surface area contributed by atoms with Crippen molar-refractivity contribution in [1.82, 2.24) is 9.80 Å². The van der Waals surface area contributed by atoms with Gasteiger partial charge in [0.05, 0.1) is 0 Å². The van der Waals surface area contributed by atoms with Crippen LogP contribution in [-0.2, 0) is 4.79 Å². The maximum Gasteiger partial charge on any atom is 0.262 e. The first-order valence-electron chi connectivity index (χ1n) is 9.08. The molecule has 0 atom stereocenters. The van der Waals surface area contributed by atoms with Crippen LogP contribution in [0.3, 0.4) is 0 Å². The van der Waals surface area contributed by atoms with Gasteiger partial charge in [-0.1, -0.05) is 29.9 Å². The predicted molar refractivity (Wildman–Crippen MR) is 113 cm³/mol. The molecule has 5 nitrogen and oxygen atoms in total. The molecule has 1 heterocycles. The van der Waals surface area contributed by atoms with Gasteiger partial charge in [-0.05, 0) is 50.4 Å². The number of ether oxygens (including phenoxy) is 1. The summed E-state index contributed by atoms with van der Waals surface area (Å²) < 4.78 is 5.58. The van der Waals surface area contributed by atoms with Gasteiger partial charge >= 0.3 is 0 Å². The monoisotopic (exact) mass is 383 g/mol. The number of nitrogens with one attached hydrogen (secondary N) is 1. The second-order valence-electron chi connectivity index (χ2n) is 6.82. The van der Waals surface area contributed by atoms with E-state index in [1.54, 1.807) is 0 Å². The first kappa shape index (κ1) is 19.3. The lowest BCUT2D eigenvalue weighted by molar-refractivity contribution is -0.118. The van der Waals surface area contributed by atoms with Crippen molar-refractivity contribution in [3.63, 3.8) is 0 Å². The summed E-state index contributed by atoms with van der Waals surface area (Å²) in [4.78, 5) is 17.4. The van der Waals surface area contributed by atoms with Crippen LogP contribution in [0.5, 0.6) is 5.75 Å². The Morgan fingerprint density at radius 1 is 1.04 bits per heavy atom. The molecule has 142 valence electrons. The van der Waals surface area contributed by atoms with E-state index in [4.69, 9.17) is 17.0 Å². The summed E-state index contributed by atoms with van der Waals surface area (Å²) in [5.74, 6) is 0.467. The largest absolute Gasteiger partial charge is 0.484 e. The molecule has 27 heavy (non-hydrogen) atoms. The molecule has 1 fully saturated rings. The molecule has 0 saturated carbocycles. The number of carbonyl (C=O) groups excluding carboxylic acids is 1. The average molecular weight is 384 g/mol. The van der Waals surface area contributed by atoms with Gasteiger partial charge in [0, 0.05) is 37.4 Å². The number of benzene rings is 2. The van der Waals surface area contributed by atoms with Crippen LogP contribution in [-0.4, -0.2) is 60.5 Å². The van der Waals surface area contributed by atoms with Gasteiger partial charge in [0.1, 0.15) is 10.7 Å². The number of piperazine rings is 1. The number of aryl methyl sites for hydroxylation is 1. The molecule has 1 saturated heterocycles. The molecule has 2 aromatic carbocycles. The lowest BCUT2D eigenvalue weighted by Gasteiger charge is -2.34. The minimum Gasteiger partial charge on any atom is -0.484 e. The lowest BCUT2D eigenvalue weighted by atomic mass is 10.2. The zero-order valence-electron chi connectivity index (χ0n) is 15.8. The third kappa shape index (κ3) is 5.52. The fourth-order valence-corrected chi connectivity index (χ4v) is 3.19. The van der Waals surface area contributed by atoms with E-state index >= 15 is 0 Å². The van der Waals surface area contributed by atoms with E-state index in [1.165, 1.54) is 0 Å². The molecular weight excluding hydrogens is 358 g/mol. The van der Waals surface area contributed by atoms with Crippen molar-refractivity contribution in [1.29, 1.82) is 0 Å². The second-order valence-corrected chi connectivity index (χ2v) is 7.21. The Bertz CT molecular complexity index is 782. The zero-order chi connectivity index (χ0) is 19.2. The maximum atomic E-state index is 12.0. The Morgan fingerprint density at radius 3 is 2.30 bits per heavy atom. The zero-order valence-corrected chi connectivity index (χ0v) is 16.6. The summed E-state index contributed by atoms with van der Waals surface area (Å²) in [6.45, 7) is 5.93. The highest BCUT2D eigenvalue weighted by Gasteiger charge is 2.17. The van der Waals surface area contributed by atoms with E-state index in [0.717, 1.165) is 48.0 Å². The van der Waals surface area contributed by atoms with Crippen molar-refractivity contribution >= 4 is 28.8 Å². The second kappa shape index (κ2) is 8.97. The third-order valence-corrected chi connectivity index (χ3v) is 5.09. The summed E-state index contributed by atoms with van der Waals surface area (Å²) >= 11 is 5.61. The van der Waals surface area contributed by atoms with Gasteiger partial charge in [-0.25, -0.2) is 0 Å². The standard InChI is InChI=1S/C21H25N3O2S/c1-16-3-7-18(8-4-16)22-20(25)15-26-19-9-5-17(6-10-19)21(27)24-13-11-23(2)12-14-24/h3-10H,11-15H2,1-2H3,(H,22,25). The Balaban J connectivity index is 1.49. The Kier molecular flexibility index (Phi) is 6.42. The van der Waals surface area contributed by atoms with Crippen LogP contribution in [0.15, 0.2) is 48.5 Å². The van der Waals surface area contributed by atoms with E-state index in [9.17, 15) is 4.79 Å². The summed E-state index contributed by atoms with van der Waals surface area (Å²) in [5.41, 5.74) is 2.92. The quantitative estimate of drug-likeness (QED) is 0.805. The van der Waals surface area contributed by atoms with Crippen molar-refractivity contribution in [2.75, 3.05) is 45.2 Å². The molecule has 0 unspecified atom stereocenters. The molecule has 0 aliphatic carbocycles. The Labute approximate surface area is 165 Å². The number of rotatable bonds is 5. The van der Waals surface area contributed by atoms with Crippen LogP contribution >= 0.6 is 12.2 Å². The van der Waals surface area contributed by atoms with E-state index in [-0.39, 0.29) is 12.5 Å². The van der Waals surface area contributed by atoms with Gasteiger partial charge in [-0.3, -0.25) is 4.79 Å². The Morgan fingerprint density at radius 2 is 1.67 bits per heavy atom. The average Bonchev–Trinajstić information content (AvgIpc) is 2.69. The van der Waals surface area contributed by atoms with Crippen LogP contribution in [0, 0.1) is 6.92 Å². The van der Waals surface area contributed by atoms with Gasteiger partial charge in [0.15, 0.2) is 6.61 Å². The van der Waals surface area contributed by atoms with E-state index in [0.29, 0.717) is 5.75 Å². The maximum absolute atomic E-state index is 12.0. The van der Waals surface area contributed by atoms with Crippen LogP contribution < -0.4 is 10.1 Å². The van der Waals surface area contributed by atoms with E-state index in [1.807, 2.05) is 55.5 Å². The van der Waals surface area contributed by atoms with E-state index in [2.05, 4.69) is 22.2 Å². The normalized spacial score (nSPS) is 14.7. The van der Waals surface area contributed by atoms with Crippen LogP contribution in [0.2, 0.25) is 0 Å². The molecule has 0 radical (unpaired) electrons. The van der Waals surface area contributed by atoms with Crippen LogP contribution in [0.4, 0.5) is 5.69 Å². The van der Waals surface area contributed by atoms with Crippen molar-refractivity contribution in [3.05, 3.63) is 59.7 Å². The highest BCUT2D eigenvalue weighted by Crippen LogP contribution is 2.16. The molecule has 1 aliphatic rings. The predicted octanol–water partition coefficient (Wildman–Crippen LogP) is 2.94. The molecule has 1 aliphatic heterocycles. The number of hydrogen-bond acceptors (Lipinski definition) is 4. The van der Waals surface area contributed by atoms with E-state index < -0.39 is 0 Å². The summed E-state index contributed by atoms with van der Waals surface area (Å²) in [6.07, 6.45) is 0. The number of hydrogen-bond donors (Lipinski definition) is 1. The van der Waals surface area contributed by atoms with Crippen molar-refractivity contribution in [2.24, 2.45) is 0 Å². The third-order valence-electron chi connectivity index (χ3n) is 4.60. The van der Waals surface area contributed by atoms with Gasteiger partial charge in [-0.15, -0.1) is 0 Å². The minimum absolute atomic E-state index is 0.0316. The number of nitrogens with zero attached hydrogens (tertiary/aromatic N) is 2. The molecule has 3 rings (SSSR count). The fraction of sp³-hybridized carbons (Fsp3) is 0.333. The van der Waals surface area contributed by atoms with Crippen LogP contribution in [0.1, 0.15) is 11.1 Å². The highest BCUT2D eigenvalue weighted by atomic mass is 32.1. The number of thiocarbonyl (C=S) groups is 1.